The van der Waals surface area contributed by atoms with Gasteiger partial charge in [0, 0.05) is 6.54 Å². The Bertz CT molecular complexity index is 466. The van der Waals surface area contributed by atoms with Gasteiger partial charge in [0.15, 0.2) is 0 Å². The molecule has 17 heavy (non-hydrogen) atoms. The topological polar surface area (TPSA) is 52.9 Å². The zero-order chi connectivity index (χ0) is 12.5. The summed E-state index contributed by atoms with van der Waals surface area (Å²) in [6.45, 7) is 4.64. The molecule has 0 spiro atoms. The molecule has 0 unspecified atom stereocenters. The van der Waals surface area contributed by atoms with E-state index < -0.39 is 5.41 Å². The number of hydrogen-bond acceptors (Lipinski definition) is 3. The molecular formula is C13H16N2OS. The Kier molecular flexibility index (Phi) is 3.21. The summed E-state index contributed by atoms with van der Waals surface area (Å²) in [6.07, 6.45) is 1.38. The predicted molar refractivity (Wildman–Crippen MR) is 67.3 cm³/mol. The summed E-state index contributed by atoms with van der Waals surface area (Å²) >= 11 is 1.63. The summed E-state index contributed by atoms with van der Waals surface area (Å²) in [5.74, 6) is 0.381. The van der Waals surface area contributed by atoms with Crippen LogP contribution in [-0.4, -0.2) is 5.91 Å². The molecule has 1 saturated carbocycles. The fourth-order valence-electron chi connectivity index (χ4n) is 2.37. The molecule has 1 aromatic heterocycles. The fourth-order valence-corrected chi connectivity index (χ4v) is 3.23. The standard InChI is InChI=1S/C13H16N2OS/c1-9-3-13(4-9,8-14)12(16)15-5-11-7-17-6-10(11)2/h6-7,9H,3-5H2,1-2H3,(H,15,16). The van der Waals surface area contributed by atoms with Crippen LogP contribution in [0.3, 0.4) is 0 Å². The van der Waals surface area contributed by atoms with E-state index in [0.717, 1.165) is 5.56 Å². The Labute approximate surface area is 105 Å². The smallest absolute Gasteiger partial charge is 0.240 e. The number of rotatable bonds is 3. The summed E-state index contributed by atoms with van der Waals surface area (Å²) in [6, 6.07) is 2.18. The van der Waals surface area contributed by atoms with Crippen molar-refractivity contribution in [3.63, 3.8) is 0 Å². The van der Waals surface area contributed by atoms with Gasteiger partial charge >= 0.3 is 0 Å². The molecule has 1 N–H and O–H groups in total. The van der Waals surface area contributed by atoms with Gasteiger partial charge in [-0.15, -0.1) is 0 Å². The van der Waals surface area contributed by atoms with E-state index in [-0.39, 0.29) is 5.91 Å². The van der Waals surface area contributed by atoms with Crippen LogP contribution in [0.4, 0.5) is 0 Å². The molecule has 3 nitrogen and oxygen atoms in total. The summed E-state index contributed by atoms with van der Waals surface area (Å²) in [7, 11) is 0. The van der Waals surface area contributed by atoms with Crippen molar-refractivity contribution in [2.45, 2.75) is 33.2 Å². The molecule has 1 aliphatic carbocycles. The lowest BCUT2D eigenvalue weighted by molar-refractivity contribution is -0.134. The third-order valence-corrected chi connectivity index (χ3v) is 4.35. The van der Waals surface area contributed by atoms with Gasteiger partial charge in [0.25, 0.3) is 0 Å². The largest absolute Gasteiger partial charge is 0.351 e. The van der Waals surface area contributed by atoms with Crippen LogP contribution in [-0.2, 0) is 11.3 Å². The number of carbonyl (C=O) groups excluding carboxylic acids is 1. The number of nitriles is 1. The Balaban J connectivity index is 1.94. The van der Waals surface area contributed by atoms with E-state index in [4.69, 9.17) is 5.26 Å². The Morgan fingerprint density at radius 3 is 2.82 bits per heavy atom. The molecule has 0 atom stereocenters. The lowest BCUT2D eigenvalue weighted by Crippen LogP contribution is -2.47. The van der Waals surface area contributed by atoms with E-state index in [1.807, 2.05) is 12.3 Å². The number of carbonyl (C=O) groups is 1. The molecule has 4 heteroatoms. The van der Waals surface area contributed by atoms with Crippen LogP contribution in [0.5, 0.6) is 0 Å². The van der Waals surface area contributed by atoms with Gasteiger partial charge < -0.3 is 5.32 Å². The quantitative estimate of drug-likeness (QED) is 0.894. The number of nitrogens with one attached hydrogen (secondary N) is 1. The predicted octanol–water partition coefficient (Wildman–Crippen LogP) is 2.61. The monoisotopic (exact) mass is 248 g/mol. The number of amides is 1. The van der Waals surface area contributed by atoms with Crippen LogP contribution in [0.1, 0.15) is 30.9 Å². The Morgan fingerprint density at radius 1 is 1.65 bits per heavy atom. The normalized spacial score (nSPS) is 27.0. The average molecular weight is 248 g/mol. The van der Waals surface area contributed by atoms with Crippen LogP contribution in [0, 0.1) is 29.6 Å². The third kappa shape index (κ3) is 2.20. The molecule has 1 heterocycles. The first-order valence-electron chi connectivity index (χ1n) is 5.78. The average Bonchev–Trinajstić information content (AvgIpc) is 2.67. The van der Waals surface area contributed by atoms with Gasteiger partial charge in [-0.2, -0.15) is 16.6 Å². The molecule has 1 aromatic rings. The van der Waals surface area contributed by atoms with E-state index in [1.54, 1.807) is 11.3 Å². The van der Waals surface area contributed by atoms with Crippen molar-refractivity contribution in [1.29, 1.82) is 5.26 Å². The number of aryl methyl sites for hydroxylation is 1. The van der Waals surface area contributed by atoms with Gasteiger partial charge in [-0.25, -0.2) is 0 Å². The van der Waals surface area contributed by atoms with Crippen molar-refractivity contribution in [3.8, 4) is 6.07 Å². The molecule has 0 saturated heterocycles. The fraction of sp³-hybridized carbons (Fsp3) is 0.538. The maximum absolute atomic E-state index is 12.0. The Hall–Kier alpha value is -1.34. The van der Waals surface area contributed by atoms with E-state index in [9.17, 15) is 4.79 Å². The van der Waals surface area contributed by atoms with Gasteiger partial charge in [0.05, 0.1) is 6.07 Å². The molecule has 1 amide bonds. The summed E-state index contributed by atoms with van der Waals surface area (Å²) < 4.78 is 0. The van der Waals surface area contributed by atoms with Crippen molar-refractivity contribution in [2.24, 2.45) is 11.3 Å². The maximum Gasteiger partial charge on any atom is 0.240 e. The number of nitrogens with zero attached hydrogens (tertiary/aromatic N) is 1. The second kappa shape index (κ2) is 4.50. The SMILES string of the molecule is Cc1cscc1CNC(=O)C1(C#N)CC(C)C1. The van der Waals surface area contributed by atoms with Gasteiger partial charge in [-0.1, -0.05) is 6.92 Å². The molecule has 1 fully saturated rings. The van der Waals surface area contributed by atoms with Gasteiger partial charge in [0.2, 0.25) is 5.91 Å². The van der Waals surface area contributed by atoms with Gasteiger partial charge in [-0.05, 0) is 47.6 Å². The minimum absolute atomic E-state index is 0.108. The zero-order valence-corrected chi connectivity index (χ0v) is 10.9. The summed E-state index contributed by atoms with van der Waals surface area (Å²) in [5.41, 5.74) is 1.58. The van der Waals surface area contributed by atoms with Gasteiger partial charge in [0.1, 0.15) is 5.41 Å². The van der Waals surface area contributed by atoms with Crippen molar-refractivity contribution < 1.29 is 4.79 Å². The third-order valence-electron chi connectivity index (χ3n) is 3.44. The van der Waals surface area contributed by atoms with Crippen molar-refractivity contribution in [3.05, 3.63) is 21.9 Å². The van der Waals surface area contributed by atoms with Crippen LogP contribution in [0.2, 0.25) is 0 Å². The second-order valence-corrected chi connectivity index (χ2v) is 5.71. The maximum atomic E-state index is 12.0. The molecule has 90 valence electrons. The van der Waals surface area contributed by atoms with E-state index in [1.165, 1.54) is 5.56 Å². The minimum Gasteiger partial charge on any atom is -0.351 e. The Morgan fingerprint density at radius 2 is 2.35 bits per heavy atom. The molecule has 0 aromatic carbocycles. The summed E-state index contributed by atoms with van der Waals surface area (Å²) in [5, 5.41) is 16.1. The first-order valence-corrected chi connectivity index (χ1v) is 6.73. The lowest BCUT2D eigenvalue weighted by Gasteiger charge is -2.39. The van der Waals surface area contributed by atoms with Crippen molar-refractivity contribution >= 4 is 17.2 Å². The molecule has 2 rings (SSSR count). The van der Waals surface area contributed by atoms with Crippen LogP contribution in [0.15, 0.2) is 10.8 Å². The highest BCUT2D eigenvalue weighted by atomic mass is 32.1. The lowest BCUT2D eigenvalue weighted by atomic mass is 9.63. The molecule has 0 bridgehead atoms. The highest BCUT2D eigenvalue weighted by Gasteiger charge is 2.48. The van der Waals surface area contributed by atoms with Crippen LogP contribution < -0.4 is 5.32 Å². The van der Waals surface area contributed by atoms with Crippen molar-refractivity contribution in [1.82, 2.24) is 5.32 Å². The molecular weight excluding hydrogens is 232 g/mol. The van der Waals surface area contributed by atoms with Gasteiger partial charge in [-0.3, -0.25) is 4.79 Å². The first kappa shape index (κ1) is 12.1. The number of hydrogen-bond donors (Lipinski definition) is 1. The molecule has 0 radical (unpaired) electrons. The zero-order valence-electron chi connectivity index (χ0n) is 10.1. The minimum atomic E-state index is -0.761. The first-order chi connectivity index (χ1) is 8.07. The number of thiophene rings is 1. The summed E-state index contributed by atoms with van der Waals surface area (Å²) in [4.78, 5) is 12.0. The van der Waals surface area contributed by atoms with E-state index in [0.29, 0.717) is 25.3 Å². The highest BCUT2D eigenvalue weighted by molar-refractivity contribution is 7.08. The molecule has 1 aliphatic rings. The van der Waals surface area contributed by atoms with Crippen molar-refractivity contribution in [2.75, 3.05) is 0 Å². The van der Waals surface area contributed by atoms with E-state index >= 15 is 0 Å². The van der Waals surface area contributed by atoms with Crippen LogP contribution >= 0.6 is 11.3 Å². The van der Waals surface area contributed by atoms with Crippen LogP contribution in [0.25, 0.3) is 0 Å². The van der Waals surface area contributed by atoms with E-state index in [2.05, 4.69) is 23.7 Å². The molecule has 0 aliphatic heterocycles. The second-order valence-electron chi connectivity index (χ2n) is 4.97. The highest BCUT2D eigenvalue weighted by Crippen LogP contribution is 2.45.